The van der Waals surface area contributed by atoms with Crippen LogP contribution < -0.4 is 15.4 Å². The van der Waals surface area contributed by atoms with Gasteiger partial charge in [-0.1, -0.05) is 0 Å². The quantitative estimate of drug-likeness (QED) is 0.400. The van der Waals surface area contributed by atoms with Gasteiger partial charge in [0.25, 0.3) is 0 Å². The zero-order valence-corrected chi connectivity index (χ0v) is 24.0. The van der Waals surface area contributed by atoms with Crippen LogP contribution in [0.25, 0.3) is 0 Å². The maximum atomic E-state index is 15.0. The largest absolute Gasteiger partial charge is 0.485 e. The van der Waals surface area contributed by atoms with Crippen molar-refractivity contribution in [2.24, 2.45) is 0 Å². The van der Waals surface area contributed by atoms with Crippen LogP contribution in [0.5, 0.6) is 5.75 Å². The Morgan fingerprint density at radius 3 is 2.34 bits per heavy atom. The highest BCUT2D eigenvalue weighted by molar-refractivity contribution is 5.56. The van der Waals surface area contributed by atoms with Crippen molar-refractivity contribution in [1.29, 1.82) is 0 Å². The molecule has 2 aromatic rings. The van der Waals surface area contributed by atoms with Crippen molar-refractivity contribution < 1.29 is 13.5 Å². The van der Waals surface area contributed by atoms with Crippen LogP contribution in [0.1, 0.15) is 73.6 Å². The van der Waals surface area contributed by atoms with Gasteiger partial charge in [0.2, 0.25) is 5.95 Å². The summed E-state index contributed by atoms with van der Waals surface area (Å²) in [6.45, 7) is 16.0. The monoisotopic (exact) mass is 530 g/mol. The number of nitrogens with zero attached hydrogens (tertiary/aromatic N) is 4. The van der Waals surface area contributed by atoms with E-state index in [0.29, 0.717) is 5.69 Å². The Kier molecular flexibility index (Phi) is 8.19. The number of aromatic nitrogens is 2. The fourth-order valence-corrected chi connectivity index (χ4v) is 5.77. The fraction of sp³-hybridized carbons (Fsp3) is 0.655. The van der Waals surface area contributed by atoms with Gasteiger partial charge in [-0.2, -0.15) is 4.98 Å². The lowest BCUT2D eigenvalue weighted by molar-refractivity contribution is -0.00778. The van der Waals surface area contributed by atoms with E-state index in [1.807, 2.05) is 13.8 Å². The molecule has 0 bridgehead atoms. The van der Waals surface area contributed by atoms with Gasteiger partial charge in [-0.05, 0) is 106 Å². The molecule has 1 aromatic heterocycles. The summed E-state index contributed by atoms with van der Waals surface area (Å²) in [7, 11) is 2.13. The molecule has 2 fully saturated rings. The predicted octanol–water partition coefficient (Wildman–Crippen LogP) is 6.21. The molecule has 4 rings (SSSR count). The van der Waals surface area contributed by atoms with Gasteiger partial charge in [0, 0.05) is 35.4 Å². The van der Waals surface area contributed by atoms with E-state index in [2.05, 4.69) is 65.1 Å². The Morgan fingerprint density at radius 2 is 1.71 bits per heavy atom. The predicted molar refractivity (Wildman–Crippen MR) is 149 cm³/mol. The second-order valence-electron chi connectivity index (χ2n) is 12.8. The van der Waals surface area contributed by atoms with E-state index < -0.39 is 17.2 Å². The number of ether oxygens (including phenoxy) is 1. The van der Waals surface area contributed by atoms with Gasteiger partial charge < -0.3 is 20.3 Å². The number of likely N-dealkylation sites (tertiary alicyclic amines) is 2. The van der Waals surface area contributed by atoms with Gasteiger partial charge in [0.1, 0.15) is 5.60 Å². The zero-order chi connectivity index (χ0) is 27.7. The third-order valence-corrected chi connectivity index (χ3v) is 8.20. The van der Waals surface area contributed by atoms with Crippen LogP contribution in [0.3, 0.4) is 0 Å². The van der Waals surface area contributed by atoms with Crippen LogP contribution in [-0.4, -0.2) is 69.2 Å². The second-order valence-corrected chi connectivity index (χ2v) is 12.8. The highest BCUT2D eigenvalue weighted by Gasteiger charge is 2.43. The van der Waals surface area contributed by atoms with Crippen molar-refractivity contribution >= 4 is 17.5 Å². The number of hydrogen-bond acceptors (Lipinski definition) is 7. The Labute approximate surface area is 226 Å². The molecular weight excluding hydrogens is 486 g/mol. The molecule has 0 spiro atoms. The summed E-state index contributed by atoms with van der Waals surface area (Å²) >= 11 is 0. The molecule has 38 heavy (non-hydrogen) atoms. The van der Waals surface area contributed by atoms with Crippen LogP contribution in [0.15, 0.2) is 24.4 Å². The minimum absolute atomic E-state index is 0.0475. The van der Waals surface area contributed by atoms with E-state index >= 15 is 0 Å². The van der Waals surface area contributed by atoms with Crippen LogP contribution in [0.2, 0.25) is 0 Å². The van der Waals surface area contributed by atoms with Gasteiger partial charge in [0.15, 0.2) is 23.2 Å². The third kappa shape index (κ3) is 6.91. The zero-order valence-electron chi connectivity index (χ0n) is 24.0. The molecule has 3 heterocycles. The minimum atomic E-state index is -0.517. The van der Waals surface area contributed by atoms with E-state index in [4.69, 9.17) is 4.74 Å². The first-order valence-electron chi connectivity index (χ1n) is 13.8. The summed E-state index contributed by atoms with van der Waals surface area (Å²) in [6.07, 6.45) is 6.14. The lowest BCUT2D eigenvalue weighted by Gasteiger charge is -2.53. The van der Waals surface area contributed by atoms with E-state index in [9.17, 15) is 8.78 Å². The number of anilines is 3. The van der Waals surface area contributed by atoms with Gasteiger partial charge in [-0.25, -0.2) is 13.8 Å². The van der Waals surface area contributed by atoms with Crippen molar-refractivity contribution in [2.75, 3.05) is 37.3 Å². The molecule has 0 amide bonds. The first-order valence-corrected chi connectivity index (χ1v) is 13.8. The molecule has 210 valence electrons. The highest BCUT2D eigenvalue weighted by Crippen LogP contribution is 2.38. The number of nitrogens with one attached hydrogen (secondary N) is 2. The van der Waals surface area contributed by atoms with Gasteiger partial charge in [0.05, 0.1) is 6.20 Å². The number of hydrogen-bond donors (Lipinski definition) is 2. The molecule has 9 heteroatoms. The van der Waals surface area contributed by atoms with Gasteiger partial charge in [-0.15, -0.1) is 0 Å². The summed E-state index contributed by atoms with van der Waals surface area (Å²) in [5.41, 5.74) is -0.123. The summed E-state index contributed by atoms with van der Waals surface area (Å²) in [6, 6.07) is 4.74. The van der Waals surface area contributed by atoms with Crippen molar-refractivity contribution in [2.45, 2.75) is 96.4 Å². The Morgan fingerprint density at radius 1 is 1.05 bits per heavy atom. The van der Waals surface area contributed by atoms with Crippen molar-refractivity contribution in [3.8, 4) is 5.75 Å². The topological polar surface area (TPSA) is 65.6 Å². The highest BCUT2D eigenvalue weighted by atomic mass is 19.1. The standard InChI is InChI=1S/C29H44F2N6O/c1-27(2)17-21(18-28(3,4)36(27)7)33-25-23(31)19-32-26(35-25)34-20-10-11-24(22(30)16-20)38-29(5,6)12-15-37-13-8-9-14-37/h10-11,16,19,21H,8-9,12-15,17-18H2,1-7H3,(H2,32,33,34,35). The summed E-state index contributed by atoms with van der Waals surface area (Å²) in [5.74, 6) is -0.447. The van der Waals surface area contributed by atoms with E-state index in [1.165, 1.54) is 18.9 Å². The SMILES string of the molecule is CN1C(C)(C)CC(Nc2nc(Nc3ccc(OC(C)(C)CCN4CCCC4)c(F)c3)ncc2F)CC1(C)C. The third-order valence-electron chi connectivity index (χ3n) is 8.20. The Bertz CT molecular complexity index is 1100. The molecule has 2 aliphatic rings. The summed E-state index contributed by atoms with van der Waals surface area (Å²) < 4.78 is 35.7. The number of benzene rings is 1. The van der Waals surface area contributed by atoms with E-state index in [-0.39, 0.29) is 34.6 Å². The maximum absolute atomic E-state index is 15.0. The first-order chi connectivity index (χ1) is 17.7. The van der Waals surface area contributed by atoms with Crippen molar-refractivity contribution in [3.05, 3.63) is 36.0 Å². The molecular formula is C29H44F2N6O. The summed E-state index contributed by atoms with van der Waals surface area (Å²) in [5, 5.41) is 6.30. The molecule has 1 aromatic carbocycles. The fourth-order valence-electron chi connectivity index (χ4n) is 5.77. The van der Waals surface area contributed by atoms with Crippen LogP contribution in [-0.2, 0) is 0 Å². The van der Waals surface area contributed by atoms with Crippen molar-refractivity contribution in [1.82, 2.24) is 19.8 Å². The van der Waals surface area contributed by atoms with Crippen LogP contribution in [0.4, 0.5) is 26.2 Å². The molecule has 0 aliphatic carbocycles. The average Bonchev–Trinajstić information content (AvgIpc) is 3.34. The average molecular weight is 531 g/mol. The maximum Gasteiger partial charge on any atom is 0.229 e. The van der Waals surface area contributed by atoms with Crippen LogP contribution >= 0.6 is 0 Å². The van der Waals surface area contributed by atoms with Gasteiger partial charge >= 0.3 is 0 Å². The molecule has 2 aliphatic heterocycles. The van der Waals surface area contributed by atoms with Crippen molar-refractivity contribution in [3.63, 3.8) is 0 Å². The smallest absolute Gasteiger partial charge is 0.229 e. The second kappa shape index (κ2) is 10.9. The Balaban J connectivity index is 1.40. The molecule has 0 saturated carbocycles. The molecule has 0 atom stereocenters. The molecule has 2 N–H and O–H groups in total. The summed E-state index contributed by atoms with van der Waals surface area (Å²) in [4.78, 5) is 13.2. The van der Waals surface area contributed by atoms with Gasteiger partial charge in [-0.3, -0.25) is 4.90 Å². The number of halogens is 2. The number of rotatable bonds is 9. The number of piperidine rings is 1. The normalized spacial score (nSPS) is 20.4. The van der Waals surface area contributed by atoms with E-state index in [1.54, 1.807) is 12.1 Å². The Hall–Kier alpha value is -2.52. The van der Waals surface area contributed by atoms with Crippen LogP contribution in [0, 0.1) is 11.6 Å². The molecule has 2 saturated heterocycles. The molecule has 0 unspecified atom stereocenters. The van der Waals surface area contributed by atoms with E-state index in [0.717, 1.165) is 45.1 Å². The lowest BCUT2D eigenvalue weighted by Crippen LogP contribution is -2.61. The molecule has 7 nitrogen and oxygen atoms in total. The lowest BCUT2D eigenvalue weighted by atomic mass is 9.77. The molecule has 0 radical (unpaired) electrons. The first kappa shape index (κ1) is 28.5. The minimum Gasteiger partial charge on any atom is -0.485 e.